The van der Waals surface area contributed by atoms with Crippen LogP contribution in [0.2, 0.25) is 0 Å². The molecule has 1 saturated carbocycles. The molecule has 1 aliphatic rings. The normalized spacial score (nSPS) is 23.2. The van der Waals surface area contributed by atoms with Crippen LogP contribution in [-0.4, -0.2) is 47.5 Å². The van der Waals surface area contributed by atoms with Gasteiger partial charge in [-0.25, -0.2) is 4.79 Å². The third kappa shape index (κ3) is 3.90. The Labute approximate surface area is 105 Å². The van der Waals surface area contributed by atoms with Crippen molar-refractivity contribution in [1.82, 2.24) is 10.2 Å². The summed E-state index contributed by atoms with van der Waals surface area (Å²) in [7, 11) is 1.44. The number of nitrogens with two attached hydrogens (primary N) is 1. The molecule has 2 atom stereocenters. The summed E-state index contributed by atoms with van der Waals surface area (Å²) in [6, 6.07) is -0.842. The Bertz CT molecular complexity index is 345. The van der Waals surface area contributed by atoms with Gasteiger partial charge in [-0.3, -0.25) is 9.59 Å². The second kappa shape index (κ2) is 6.23. The summed E-state index contributed by atoms with van der Waals surface area (Å²) in [6.45, 7) is -0.184. The molecular weight excluding hydrogens is 238 g/mol. The number of likely N-dealkylation sites (N-methyl/N-ethyl adjacent to an activating group) is 1. The fourth-order valence-corrected chi connectivity index (χ4v) is 2.17. The van der Waals surface area contributed by atoms with Gasteiger partial charge in [0, 0.05) is 13.1 Å². The number of carbonyl (C=O) groups excluding carboxylic acids is 2. The first-order valence-electron chi connectivity index (χ1n) is 5.94. The van der Waals surface area contributed by atoms with Crippen molar-refractivity contribution >= 4 is 17.9 Å². The summed E-state index contributed by atoms with van der Waals surface area (Å²) in [6.07, 6.45) is 2.97. The van der Waals surface area contributed by atoms with Gasteiger partial charge in [0.15, 0.2) is 0 Å². The molecule has 0 saturated heterocycles. The minimum absolute atomic E-state index is 0.184. The van der Waals surface area contributed by atoms with Crippen molar-refractivity contribution in [2.24, 2.45) is 11.7 Å². The second-order valence-corrected chi connectivity index (χ2v) is 4.61. The Kier molecular flexibility index (Phi) is 4.94. The average molecular weight is 257 g/mol. The molecule has 102 valence electrons. The molecule has 4 N–H and O–H groups in total. The van der Waals surface area contributed by atoms with Gasteiger partial charge in [0.2, 0.25) is 5.91 Å². The zero-order chi connectivity index (χ0) is 13.7. The Balaban J connectivity index is 2.55. The molecule has 7 nitrogen and oxygen atoms in total. The first-order valence-corrected chi connectivity index (χ1v) is 5.94. The number of rotatable bonds is 4. The van der Waals surface area contributed by atoms with Gasteiger partial charge in [0.1, 0.15) is 6.54 Å². The number of nitrogens with one attached hydrogen (secondary N) is 1. The van der Waals surface area contributed by atoms with Crippen LogP contribution in [-0.2, 0) is 9.59 Å². The van der Waals surface area contributed by atoms with Crippen molar-refractivity contribution < 1.29 is 19.5 Å². The van der Waals surface area contributed by atoms with E-state index < -0.39 is 23.8 Å². The van der Waals surface area contributed by atoms with Gasteiger partial charge in [-0.1, -0.05) is 12.8 Å². The molecule has 0 spiro atoms. The zero-order valence-electron chi connectivity index (χ0n) is 10.4. The molecule has 18 heavy (non-hydrogen) atoms. The third-order valence-electron chi connectivity index (χ3n) is 3.13. The van der Waals surface area contributed by atoms with Crippen LogP contribution >= 0.6 is 0 Å². The van der Waals surface area contributed by atoms with Crippen LogP contribution in [0.15, 0.2) is 0 Å². The lowest BCUT2D eigenvalue weighted by molar-refractivity contribution is -0.143. The van der Waals surface area contributed by atoms with E-state index in [1.807, 2.05) is 0 Å². The number of aliphatic carboxylic acids is 1. The quantitative estimate of drug-likeness (QED) is 0.644. The van der Waals surface area contributed by atoms with Crippen LogP contribution in [0.3, 0.4) is 0 Å². The predicted octanol–water partition coefficient (Wildman–Crippen LogP) is -0.243. The molecule has 1 aliphatic carbocycles. The van der Waals surface area contributed by atoms with Crippen molar-refractivity contribution in [1.29, 1.82) is 0 Å². The molecule has 0 radical (unpaired) electrons. The van der Waals surface area contributed by atoms with Crippen LogP contribution in [0.25, 0.3) is 0 Å². The highest BCUT2D eigenvalue weighted by Crippen LogP contribution is 2.24. The minimum Gasteiger partial charge on any atom is -0.481 e. The van der Waals surface area contributed by atoms with E-state index in [-0.39, 0.29) is 12.6 Å². The van der Waals surface area contributed by atoms with Crippen LogP contribution in [0, 0.1) is 5.92 Å². The minimum atomic E-state index is -0.891. The van der Waals surface area contributed by atoms with Gasteiger partial charge >= 0.3 is 12.0 Å². The number of carboxylic acids is 1. The molecule has 0 aromatic heterocycles. The van der Waals surface area contributed by atoms with Crippen molar-refractivity contribution in [3.63, 3.8) is 0 Å². The van der Waals surface area contributed by atoms with Gasteiger partial charge in [-0.2, -0.15) is 0 Å². The molecule has 7 heteroatoms. The monoisotopic (exact) mass is 257 g/mol. The maximum Gasteiger partial charge on any atom is 0.317 e. The van der Waals surface area contributed by atoms with Gasteiger partial charge in [-0.05, 0) is 12.8 Å². The van der Waals surface area contributed by atoms with E-state index in [4.69, 9.17) is 10.8 Å². The lowest BCUT2D eigenvalue weighted by Crippen LogP contribution is -2.50. The molecule has 0 bridgehead atoms. The molecule has 1 fully saturated rings. The van der Waals surface area contributed by atoms with Crippen LogP contribution in [0.4, 0.5) is 4.79 Å². The topological polar surface area (TPSA) is 113 Å². The lowest BCUT2D eigenvalue weighted by Gasteiger charge is -2.30. The molecule has 2 unspecified atom stereocenters. The molecule has 1 rings (SSSR count). The van der Waals surface area contributed by atoms with E-state index in [1.54, 1.807) is 0 Å². The first kappa shape index (κ1) is 14.3. The summed E-state index contributed by atoms with van der Waals surface area (Å²) in [5, 5.41) is 11.7. The highest BCUT2D eigenvalue weighted by Gasteiger charge is 2.32. The van der Waals surface area contributed by atoms with E-state index in [9.17, 15) is 14.4 Å². The Morgan fingerprint density at radius 3 is 2.50 bits per heavy atom. The smallest absolute Gasteiger partial charge is 0.317 e. The number of hydrogen-bond donors (Lipinski definition) is 3. The van der Waals surface area contributed by atoms with Crippen molar-refractivity contribution in [3.8, 4) is 0 Å². The molecule has 0 aromatic carbocycles. The van der Waals surface area contributed by atoms with Gasteiger partial charge < -0.3 is 21.1 Å². The summed E-state index contributed by atoms with van der Waals surface area (Å²) in [5.41, 5.74) is 4.99. The predicted molar refractivity (Wildman–Crippen MR) is 63.7 cm³/mol. The first-order chi connectivity index (χ1) is 8.41. The van der Waals surface area contributed by atoms with E-state index in [2.05, 4.69) is 5.32 Å². The van der Waals surface area contributed by atoms with E-state index >= 15 is 0 Å². The Morgan fingerprint density at radius 2 is 1.94 bits per heavy atom. The molecule has 0 heterocycles. The van der Waals surface area contributed by atoms with Crippen molar-refractivity contribution in [2.45, 2.75) is 31.7 Å². The van der Waals surface area contributed by atoms with E-state index in [1.165, 1.54) is 7.05 Å². The molecule has 3 amide bonds. The number of hydrogen-bond acceptors (Lipinski definition) is 3. The Hall–Kier alpha value is -1.79. The average Bonchev–Trinajstić information content (AvgIpc) is 2.28. The number of carboxylic acid groups (broad SMARTS) is 1. The highest BCUT2D eigenvalue weighted by molar-refractivity contribution is 5.83. The van der Waals surface area contributed by atoms with Gasteiger partial charge in [-0.15, -0.1) is 0 Å². The summed E-state index contributed by atoms with van der Waals surface area (Å²) >= 11 is 0. The SMILES string of the molecule is CN(CC(N)=O)C(=O)NC1CCCCC1C(=O)O. The van der Waals surface area contributed by atoms with Crippen LogP contribution < -0.4 is 11.1 Å². The van der Waals surface area contributed by atoms with Crippen molar-refractivity contribution in [2.75, 3.05) is 13.6 Å². The molecule has 0 aromatic rings. The molecular formula is C11H19N3O4. The zero-order valence-corrected chi connectivity index (χ0v) is 10.4. The maximum atomic E-state index is 11.7. The molecule has 0 aliphatic heterocycles. The van der Waals surface area contributed by atoms with E-state index in [0.29, 0.717) is 12.8 Å². The van der Waals surface area contributed by atoms with Crippen LogP contribution in [0.5, 0.6) is 0 Å². The summed E-state index contributed by atoms with van der Waals surface area (Å²) < 4.78 is 0. The number of urea groups is 1. The van der Waals surface area contributed by atoms with Gasteiger partial charge in [0.25, 0.3) is 0 Å². The third-order valence-corrected chi connectivity index (χ3v) is 3.13. The second-order valence-electron chi connectivity index (χ2n) is 4.61. The van der Waals surface area contributed by atoms with Crippen LogP contribution in [0.1, 0.15) is 25.7 Å². The van der Waals surface area contributed by atoms with E-state index in [0.717, 1.165) is 17.7 Å². The summed E-state index contributed by atoms with van der Waals surface area (Å²) in [4.78, 5) is 34.6. The number of carbonyl (C=O) groups is 3. The van der Waals surface area contributed by atoms with Crippen molar-refractivity contribution in [3.05, 3.63) is 0 Å². The highest BCUT2D eigenvalue weighted by atomic mass is 16.4. The lowest BCUT2D eigenvalue weighted by atomic mass is 9.84. The fraction of sp³-hybridized carbons (Fsp3) is 0.727. The fourth-order valence-electron chi connectivity index (χ4n) is 2.17. The Morgan fingerprint density at radius 1 is 1.33 bits per heavy atom. The summed E-state index contributed by atoms with van der Waals surface area (Å²) in [5.74, 6) is -2.05. The standard InChI is InChI=1S/C11H19N3O4/c1-14(6-9(12)15)11(18)13-8-5-3-2-4-7(8)10(16)17/h7-8H,2-6H2,1H3,(H2,12,15)(H,13,18)(H,16,17). The maximum absolute atomic E-state index is 11.7. The van der Waals surface area contributed by atoms with Gasteiger partial charge in [0.05, 0.1) is 5.92 Å². The number of nitrogens with zero attached hydrogens (tertiary/aromatic N) is 1. The number of primary amides is 1. The largest absolute Gasteiger partial charge is 0.481 e. The number of amides is 3.